The molecule has 0 N–H and O–H groups in total. The predicted octanol–water partition coefficient (Wildman–Crippen LogP) is 5.11. The molecule has 3 rings (SSSR count). The van der Waals surface area contributed by atoms with Crippen molar-refractivity contribution in [2.75, 3.05) is 13.2 Å². The molecule has 0 aliphatic carbocycles. The van der Waals surface area contributed by atoms with E-state index >= 15 is 0 Å². The topological polar surface area (TPSA) is 67.2 Å². The van der Waals surface area contributed by atoms with Gasteiger partial charge in [-0.2, -0.15) is 0 Å². The zero-order chi connectivity index (χ0) is 15.5. The molecule has 112 valence electrons. The molecule has 0 fully saturated rings. The minimum absolute atomic E-state index is 0.185. The van der Waals surface area contributed by atoms with Crippen molar-refractivity contribution >= 4 is 23.2 Å². The molecule has 0 radical (unpaired) electrons. The van der Waals surface area contributed by atoms with Crippen molar-refractivity contribution < 1.29 is 9.47 Å². The van der Waals surface area contributed by atoms with Gasteiger partial charge in [-0.25, -0.2) is 0 Å². The molecular weight excluding hydrogens is 325 g/mol. The maximum atomic E-state index is 8.43. The Balaban J connectivity index is 2.08. The number of halogens is 2. The Labute approximate surface area is 137 Å². The Morgan fingerprint density at radius 3 is 2.77 bits per heavy atom. The monoisotopic (exact) mass is 335 g/mol. The molecule has 0 unspecified atom stereocenters. The number of hydrogen-bond acceptors (Lipinski definition) is 3. The molecule has 22 heavy (non-hydrogen) atoms. The lowest BCUT2D eigenvalue weighted by Gasteiger charge is -2.28. The molecule has 5 nitrogen and oxygen atoms in total. The van der Waals surface area contributed by atoms with Crippen LogP contribution in [0.1, 0.15) is 0 Å². The van der Waals surface area contributed by atoms with Crippen LogP contribution in [0.3, 0.4) is 0 Å². The standard InChI is InChI=1S/C15H11Cl2N3O2/c16-11-4-2-1-3-10(11)14-12(17)5-6-13-15(14)22-9(8-21-13)7-19-20-18/h1-6,9H,7-8H2/t9-/m0/s1. The van der Waals surface area contributed by atoms with Gasteiger partial charge in [0.05, 0.1) is 11.6 Å². The maximum Gasteiger partial charge on any atom is 0.171 e. The number of rotatable bonds is 3. The van der Waals surface area contributed by atoms with E-state index in [0.29, 0.717) is 33.7 Å². The number of hydrogen-bond donors (Lipinski definition) is 0. The minimum atomic E-state index is -0.358. The van der Waals surface area contributed by atoms with E-state index in [0.717, 1.165) is 5.56 Å². The lowest BCUT2D eigenvalue weighted by atomic mass is 10.0. The summed E-state index contributed by atoms with van der Waals surface area (Å²) in [6.45, 7) is 0.500. The normalized spacial score (nSPS) is 16.0. The second kappa shape index (κ2) is 6.36. The molecule has 0 saturated heterocycles. The maximum absolute atomic E-state index is 8.43. The van der Waals surface area contributed by atoms with Crippen molar-refractivity contribution in [1.29, 1.82) is 0 Å². The summed E-state index contributed by atoms with van der Waals surface area (Å²) in [6.07, 6.45) is -0.358. The molecular formula is C15H11Cl2N3O2. The third kappa shape index (κ3) is 2.79. The van der Waals surface area contributed by atoms with E-state index in [9.17, 15) is 0 Å². The van der Waals surface area contributed by atoms with E-state index in [1.54, 1.807) is 18.2 Å². The van der Waals surface area contributed by atoms with Crippen LogP contribution in [0.25, 0.3) is 21.6 Å². The molecule has 1 aliphatic heterocycles. The smallest absolute Gasteiger partial charge is 0.171 e. The second-order valence-corrected chi connectivity index (χ2v) is 5.51. The van der Waals surface area contributed by atoms with Crippen molar-refractivity contribution in [2.45, 2.75) is 6.10 Å². The lowest BCUT2D eigenvalue weighted by molar-refractivity contribution is 0.0977. The summed E-state index contributed by atoms with van der Waals surface area (Å²) in [5.41, 5.74) is 9.87. The highest BCUT2D eigenvalue weighted by atomic mass is 35.5. The first-order valence-electron chi connectivity index (χ1n) is 6.58. The first-order chi connectivity index (χ1) is 10.7. The molecule has 1 atom stereocenters. The van der Waals surface area contributed by atoms with Crippen molar-refractivity contribution in [3.63, 3.8) is 0 Å². The molecule has 0 amide bonds. The van der Waals surface area contributed by atoms with Crippen LogP contribution in [0.15, 0.2) is 41.5 Å². The van der Waals surface area contributed by atoms with Crippen LogP contribution >= 0.6 is 23.2 Å². The van der Waals surface area contributed by atoms with E-state index in [-0.39, 0.29) is 12.6 Å². The Morgan fingerprint density at radius 1 is 1.18 bits per heavy atom. The van der Waals surface area contributed by atoms with Gasteiger partial charge in [0, 0.05) is 21.1 Å². The fourth-order valence-corrected chi connectivity index (χ4v) is 2.77. The third-order valence-electron chi connectivity index (χ3n) is 3.27. The van der Waals surface area contributed by atoms with Gasteiger partial charge < -0.3 is 9.47 Å². The quantitative estimate of drug-likeness (QED) is 0.444. The van der Waals surface area contributed by atoms with Crippen LogP contribution in [0.5, 0.6) is 11.5 Å². The Kier molecular flexibility index (Phi) is 4.29. The van der Waals surface area contributed by atoms with E-state index in [2.05, 4.69) is 10.0 Å². The van der Waals surface area contributed by atoms with Crippen LogP contribution < -0.4 is 9.47 Å². The average Bonchev–Trinajstić information content (AvgIpc) is 2.54. The van der Waals surface area contributed by atoms with Gasteiger partial charge in [-0.05, 0) is 23.7 Å². The highest BCUT2D eigenvalue weighted by molar-refractivity contribution is 6.37. The molecule has 1 heterocycles. The zero-order valence-electron chi connectivity index (χ0n) is 11.4. The van der Waals surface area contributed by atoms with E-state index in [1.165, 1.54) is 0 Å². The molecule has 0 spiro atoms. The van der Waals surface area contributed by atoms with Gasteiger partial charge in [0.15, 0.2) is 11.5 Å². The van der Waals surface area contributed by atoms with Gasteiger partial charge in [0.1, 0.15) is 12.7 Å². The van der Waals surface area contributed by atoms with Crippen molar-refractivity contribution in [3.8, 4) is 22.6 Å². The van der Waals surface area contributed by atoms with Crippen LogP contribution in [-0.2, 0) is 0 Å². The van der Waals surface area contributed by atoms with Gasteiger partial charge >= 0.3 is 0 Å². The SMILES string of the molecule is [N-]=[N+]=NC[C@H]1COc2ccc(Cl)c(-c3ccccc3Cl)c2O1. The summed E-state index contributed by atoms with van der Waals surface area (Å²) in [5.74, 6) is 1.11. The Morgan fingerprint density at radius 2 is 2.00 bits per heavy atom. The average molecular weight is 336 g/mol. The van der Waals surface area contributed by atoms with E-state index < -0.39 is 0 Å². The Bertz CT molecular complexity index is 760. The lowest BCUT2D eigenvalue weighted by Crippen LogP contribution is -2.31. The summed E-state index contributed by atoms with van der Waals surface area (Å²) < 4.78 is 11.6. The number of nitrogens with zero attached hydrogens (tertiary/aromatic N) is 3. The van der Waals surface area contributed by atoms with Gasteiger partial charge in [-0.15, -0.1) is 0 Å². The largest absolute Gasteiger partial charge is 0.486 e. The second-order valence-electron chi connectivity index (χ2n) is 4.69. The highest BCUT2D eigenvalue weighted by Gasteiger charge is 2.26. The number of ether oxygens (including phenoxy) is 2. The Hall–Kier alpha value is -2.07. The van der Waals surface area contributed by atoms with Gasteiger partial charge in [-0.1, -0.05) is 46.5 Å². The molecule has 2 aromatic rings. The van der Waals surface area contributed by atoms with Crippen LogP contribution in [-0.4, -0.2) is 19.3 Å². The summed E-state index contributed by atoms with van der Waals surface area (Å²) in [7, 11) is 0. The van der Waals surface area contributed by atoms with Crippen molar-refractivity contribution in [1.82, 2.24) is 0 Å². The fourth-order valence-electron chi connectivity index (χ4n) is 2.29. The van der Waals surface area contributed by atoms with E-state index in [4.69, 9.17) is 38.2 Å². The number of fused-ring (bicyclic) bond motifs is 1. The molecule has 7 heteroatoms. The van der Waals surface area contributed by atoms with Crippen LogP contribution in [0, 0.1) is 0 Å². The first kappa shape index (κ1) is 14.9. The zero-order valence-corrected chi connectivity index (χ0v) is 12.9. The first-order valence-corrected chi connectivity index (χ1v) is 7.34. The number of benzene rings is 2. The summed E-state index contributed by atoms with van der Waals surface area (Å²) in [5, 5.41) is 4.61. The van der Waals surface area contributed by atoms with Crippen molar-refractivity contribution in [3.05, 3.63) is 56.9 Å². The fraction of sp³-hybridized carbons (Fsp3) is 0.200. The summed E-state index contributed by atoms with van der Waals surface area (Å²) in [6, 6.07) is 10.9. The molecule has 2 aromatic carbocycles. The summed E-state index contributed by atoms with van der Waals surface area (Å²) in [4.78, 5) is 2.74. The van der Waals surface area contributed by atoms with Gasteiger partial charge in [0.25, 0.3) is 0 Å². The molecule has 0 bridgehead atoms. The predicted molar refractivity (Wildman–Crippen MR) is 85.8 cm³/mol. The van der Waals surface area contributed by atoms with Crippen LogP contribution in [0.4, 0.5) is 0 Å². The molecule has 1 aliphatic rings. The van der Waals surface area contributed by atoms with Crippen LogP contribution in [0.2, 0.25) is 10.0 Å². The third-order valence-corrected chi connectivity index (χ3v) is 3.92. The van der Waals surface area contributed by atoms with Crippen molar-refractivity contribution in [2.24, 2.45) is 5.11 Å². The molecule has 0 aromatic heterocycles. The number of azide groups is 1. The van der Waals surface area contributed by atoms with Gasteiger partial charge in [-0.3, -0.25) is 0 Å². The molecule has 0 saturated carbocycles. The highest BCUT2D eigenvalue weighted by Crippen LogP contribution is 2.46. The minimum Gasteiger partial charge on any atom is -0.486 e. The summed E-state index contributed by atoms with van der Waals surface area (Å²) >= 11 is 12.6. The van der Waals surface area contributed by atoms with E-state index in [1.807, 2.05) is 18.2 Å². The van der Waals surface area contributed by atoms with Gasteiger partial charge in [0.2, 0.25) is 0 Å².